The van der Waals surface area contributed by atoms with Gasteiger partial charge in [-0.3, -0.25) is 4.90 Å². The van der Waals surface area contributed by atoms with Crippen LogP contribution in [0, 0.1) is 0 Å². The van der Waals surface area contributed by atoms with Gasteiger partial charge >= 0.3 is 0 Å². The molecule has 2 atom stereocenters. The van der Waals surface area contributed by atoms with E-state index in [1.165, 1.54) is 0 Å². The Bertz CT molecular complexity index is 254. The zero-order valence-electron chi connectivity index (χ0n) is 12.2. The molecule has 1 saturated carbocycles. The molecule has 2 fully saturated rings. The molecule has 0 aromatic carbocycles. The molecule has 2 aliphatic rings. The topological polar surface area (TPSA) is 32.7 Å². The molecule has 3 nitrogen and oxygen atoms in total. The monoisotopic (exact) mass is 255 g/mol. The van der Waals surface area contributed by atoms with Gasteiger partial charge in [-0.25, -0.2) is 0 Å². The van der Waals surface area contributed by atoms with Gasteiger partial charge in [0.2, 0.25) is 0 Å². The Hall–Kier alpha value is -0.120. The molecule has 0 spiro atoms. The maximum Gasteiger partial charge on any atom is 0.0603 e. The molecule has 0 amide bonds. The normalized spacial score (nSPS) is 32.7. The fourth-order valence-corrected chi connectivity index (χ4v) is 3.18. The van der Waals surface area contributed by atoms with Crippen LogP contribution in [0.1, 0.15) is 59.3 Å². The van der Waals surface area contributed by atoms with E-state index in [1.807, 2.05) is 0 Å². The van der Waals surface area contributed by atoms with Crippen molar-refractivity contribution in [1.29, 1.82) is 0 Å². The fourth-order valence-electron chi connectivity index (χ4n) is 3.18. The van der Waals surface area contributed by atoms with Gasteiger partial charge in [-0.15, -0.1) is 0 Å². The van der Waals surface area contributed by atoms with E-state index in [2.05, 4.69) is 25.7 Å². The third kappa shape index (κ3) is 3.94. The van der Waals surface area contributed by atoms with Gasteiger partial charge in [0.15, 0.2) is 0 Å². The minimum Gasteiger partial charge on any atom is -0.393 e. The number of ether oxygens (including phenoxy) is 1. The van der Waals surface area contributed by atoms with Crippen molar-refractivity contribution >= 4 is 0 Å². The first-order valence-corrected chi connectivity index (χ1v) is 7.54. The van der Waals surface area contributed by atoms with Crippen LogP contribution >= 0.6 is 0 Å². The summed E-state index contributed by atoms with van der Waals surface area (Å²) in [6, 6.07) is 0. The summed E-state index contributed by atoms with van der Waals surface area (Å²) in [6.07, 6.45) is 6.94. The molecular formula is C15H29NO2. The van der Waals surface area contributed by atoms with Crippen molar-refractivity contribution in [3.05, 3.63) is 0 Å². The highest BCUT2D eigenvalue weighted by Gasteiger charge is 2.29. The highest BCUT2D eigenvalue weighted by Crippen LogP contribution is 2.27. The van der Waals surface area contributed by atoms with E-state index in [0.29, 0.717) is 12.2 Å². The average molecular weight is 255 g/mol. The van der Waals surface area contributed by atoms with E-state index in [9.17, 15) is 5.11 Å². The van der Waals surface area contributed by atoms with Crippen molar-refractivity contribution in [2.45, 2.75) is 83.1 Å². The number of hydrogen-bond acceptors (Lipinski definition) is 3. The van der Waals surface area contributed by atoms with E-state index in [0.717, 1.165) is 51.6 Å². The van der Waals surface area contributed by atoms with Crippen LogP contribution in [0.2, 0.25) is 0 Å². The molecule has 2 rings (SSSR count). The fraction of sp³-hybridized carbons (Fsp3) is 1.00. The Morgan fingerprint density at radius 1 is 1.00 bits per heavy atom. The molecule has 1 heterocycles. The Kier molecular flexibility index (Phi) is 4.68. The predicted octanol–water partition coefficient (Wildman–Crippen LogP) is 2.57. The molecule has 1 aliphatic carbocycles. The third-order valence-corrected chi connectivity index (χ3v) is 4.37. The number of piperidine rings is 1. The molecule has 1 N–H and O–H groups in total. The molecule has 1 aliphatic heterocycles. The quantitative estimate of drug-likeness (QED) is 0.823. The van der Waals surface area contributed by atoms with Crippen LogP contribution < -0.4 is 0 Å². The lowest BCUT2D eigenvalue weighted by molar-refractivity contribution is -0.0821. The second-order valence-electron chi connectivity index (χ2n) is 6.94. The summed E-state index contributed by atoms with van der Waals surface area (Å²) in [7, 11) is 0. The maximum atomic E-state index is 9.67. The largest absolute Gasteiger partial charge is 0.393 e. The SMILES string of the molecule is CC(C)(C)N1CCC(OC2CCCC(O)C2)CC1. The van der Waals surface area contributed by atoms with Crippen LogP contribution in [-0.4, -0.2) is 46.9 Å². The summed E-state index contributed by atoms with van der Waals surface area (Å²) in [4.78, 5) is 2.54. The highest BCUT2D eigenvalue weighted by atomic mass is 16.5. The van der Waals surface area contributed by atoms with E-state index < -0.39 is 0 Å². The molecule has 2 unspecified atom stereocenters. The lowest BCUT2D eigenvalue weighted by atomic mass is 9.94. The molecule has 0 aromatic rings. The van der Waals surface area contributed by atoms with Crippen molar-refractivity contribution in [3.8, 4) is 0 Å². The molecule has 0 aromatic heterocycles. The molecular weight excluding hydrogens is 226 g/mol. The zero-order valence-corrected chi connectivity index (χ0v) is 12.2. The predicted molar refractivity (Wildman–Crippen MR) is 73.7 cm³/mol. The Morgan fingerprint density at radius 2 is 1.67 bits per heavy atom. The number of aliphatic hydroxyl groups excluding tert-OH is 1. The van der Waals surface area contributed by atoms with E-state index in [4.69, 9.17) is 4.74 Å². The molecule has 18 heavy (non-hydrogen) atoms. The van der Waals surface area contributed by atoms with Gasteiger partial charge in [0.25, 0.3) is 0 Å². The molecule has 3 heteroatoms. The van der Waals surface area contributed by atoms with Gasteiger partial charge in [0, 0.05) is 18.6 Å². The Balaban J connectivity index is 1.73. The van der Waals surface area contributed by atoms with Crippen molar-refractivity contribution < 1.29 is 9.84 Å². The van der Waals surface area contributed by atoms with E-state index in [1.54, 1.807) is 0 Å². The summed E-state index contributed by atoms with van der Waals surface area (Å²) < 4.78 is 6.18. The van der Waals surface area contributed by atoms with Crippen LogP contribution in [0.25, 0.3) is 0 Å². The van der Waals surface area contributed by atoms with Crippen molar-refractivity contribution in [2.24, 2.45) is 0 Å². The van der Waals surface area contributed by atoms with Gasteiger partial charge in [-0.2, -0.15) is 0 Å². The summed E-state index contributed by atoms with van der Waals surface area (Å²) in [5, 5.41) is 9.67. The second-order valence-corrected chi connectivity index (χ2v) is 6.94. The number of aliphatic hydroxyl groups is 1. The van der Waals surface area contributed by atoms with Crippen LogP contribution in [-0.2, 0) is 4.74 Å². The summed E-state index contributed by atoms with van der Waals surface area (Å²) in [5.74, 6) is 0. The van der Waals surface area contributed by atoms with Crippen LogP contribution in [0.4, 0.5) is 0 Å². The Labute approximate surface area is 112 Å². The van der Waals surface area contributed by atoms with E-state index in [-0.39, 0.29) is 11.6 Å². The van der Waals surface area contributed by atoms with Gasteiger partial charge < -0.3 is 9.84 Å². The van der Waals surface area contributed by atoms with Crippen molar-refractivity contribution in [2.75, 3.05) is 13.1 Å². The highest BCUT2D eigenvalue weighted by molar-refractivity contribution is 4.83. The second kappa shape index (κ2) is 5.89. The number of hydrogen-bond donors (Lipinski definition) is 1. The minimum atomic E-state index is -0.126. The van der Waals surface area contributed by atoms with Crippen LogP contribution in [0.3, 0.4) is 0 Å². The van der Waals surface area contributed by atoms with Crippen molar-refractivity contribution in [1.82, 2.24) is 4.90 Å². The standard InChI is InChI=1S/C15H29NO2/c1-15(2,3)16-9-7-13(8-10-16)18-14-6-4-5-12(17)11-14/h12-14,17H,4-11H2,1-3H3. The number of rotatable bonds is 2. The summed E-state index contributed by atoms with van der Waals surface area (Å²) in [6.45, 7) is 9.13. The summed E-state index contributed by atoms with van der Waals surface area (Å²) >= 11 is 0. The molecule has 106 valence electrons. The number of likely N-dealkylation sites (tertiary alicyclic amines) is 1. The maximum absolute atomic E-state index is 9.67. The van der Waals surface area contributed by atoms with Gasteiger partial charge in [0.05, 0.1) is 18.3 Å². The first-order chi connectivity index (χ1) is 8.45. The third-order valence-electron chi connectivity index (χ3n) is 4.37. The van der Waals surface area contributed by atoms with Gasteiger partial charge in [-0.05, 0) is 59.3 Å². The summed E-state index contributed by atoms with van der Waals surface area (Å²) in [5.41, 5.74) is 0.284. The smallest absolute Gasteiger partial charge is 0.0603 e. The lowest BCUT2D eigenvalue weighted by Crippen LogP contribution is -2.48. The van der Waals surface area contributed by atoms with Gasteiger partial charge in [0.1, 0.15) is 0 Å². The molecule has 0 radical (unpaired) electrons. The van der Waals surface area contributed by atoms with Gasteiger partial charge in [-0.1, -0.05) is 0 Å². The average Bonchev–Trinajstić information content (AvgIpc) is 2.28. The van der Waals surface area contributed by atoms with Crippen molar-refractivity contribution in [3.63, 3.8) is 0 Å². The number of nitrogens with zero attached hydrogens (tertiary/aromatic N) is 1. The first kappa shape index (κ1) is 14.3. The van der Waals surface area contributed by atoms with Crippen LogP contribution in [0.5, 0.6) is 0 Å². The first-order valence-electron chi connectivity index (χ1n) is 7.54. The lowest BCUT2D eigenvalue weighted by Gasteiger charge is -2.41. The Morgan fingerprint density at radius 3 is 2.22 bits per heavy atom. The molecule has 0 bridgehead atoms. The van der Waals surface area contributed by atoms with Crippen LogP contribution in [0.15, 0.2) is 0 Å². The zero-order chi connectivity index (χ0) is 13.2. The van der Waals surface area contributed by atoms with E-state index >= 15 is 0 Å². The molecule has 1 saturated heterocycles. The minimum absolute atomic E-state index is 0.126.